The number of aromatic nitrogens is 2. The molecule has 9 nitrogen and oxygen atoms in total. The van der Waals surface area contributed by atoms with Crippen LogP contribution in [-0.4, -0.2) is 49.0 Å². The summed E-state index contributed by atoms with van der Waals surface area (Å²) in [7, 11) is -2.32. The van der Waals surface area contributed by atoms with Gasteiger partial charge in [-0.25, -0.2) is 4.98 Å². The average molecular weight is 570 g/mol. The van der Waals surface area contributed by atoms with Crippen LogP contribution in [0.25, 0.3) is 0 Å². The lowest BCUT2D eigenvalue weighted by Gasteiger charge is -2.32. The maximum atomic E-state index is 12.8. The van der Waals surface area contributed by atoms with Crippen LogP contribution in [0.15, 0.2) is 96.0 Å². The molecule has 0 aliphatic carbocycles. The van der Waals surface area contributed by atoms with E-state index in [4.69, 9.17) is 9.81 Å². The fraction of sp³-hybridized carbons (Fsp3) is 0.226. The predicted octanol–water partition coefficient (Wildman–Crippen LogP) is 5.25. The Labute approximate surface area is 240 Å². The number of benzene rings is 3. The largest absolute Gasteiger partial charge is 0.341 e. The zero-order valence-electron chi connectivity index (χ0n) is 22.9. The number of carbonyl (C=O) groups excluding carboxylic acids is 1. The van der Waals surface area contributed by atoms with Gasteiger partial charge in [0.25, 0.3) is 16.0 Å². The van der Waals surface area contributed by atoms with Crippen LogP contribution in [0.4, 0.5) is 11.8 Å². The van der Waals surface area contributed by atoms with Crippen molar-refractivity contribution in [2.75, 3.05) is 29.9 Å². The van der Waals surface area contributed by atoms with Crippen LogP contribution in [0, 0.1) is 18.3 Å². The second-order valence-electron chi connectivity index (χ2n) is 9.73. The van der Waals surface area contributed by atoms with Crippen LogP contribution in [0.5, 0.6) is 0 Å². The first-order valence-electron chi connectivity index (χ1n) is 13.1. The van der Waals surface area contributed by atoms with Gasteiger partial charge in [-0.15, -0.1) is 0 Å². The lowest BCUT2D eigenvalue weighted by molar-refractivity contribution is 0.0992. The molecule has 1 amide bonds. The summed E-state index contributed by atoms with van der Waals surface area (Å²) >= 11 is 0. The summed E-state index contributed by atoms with van der Waals surface area (Å²) in [4.78, 5) is 25.5. The van der Waals surface area contributed by atoms with Crippen LogP contribution in [0.2, 0.25) is 0 Å². The van der Waals surface area contributed by atoms with Crippen molar-refractivity contribution in [3.63, 3.8) is 0 Å². The van der Waals surface area contributed by atoms with Gasteiger partial charge < -0.3 is 4.90 Å². The Balaban J connectivity index is 0.000000296. The van der Waals surface area contributed by atoms with Crippen molar-refractivity contribution in [3.05, 3.63) is 113 Å². The molecule has 0 radical (unpaired) electrons. The van der Waals surface area contributed by atoms with E-state index in [9.17, 15) is 13.2 Å². The fourth-order valence-corrected chi connectivity index (χ4v) is 4.99. The number of amides is 1. The lowest BCUT2D eigenvalue weighted by atomic mass is 9.90. The van der Waals surface area contributed by atoms with E-state index >= 15 is 0 Å². The third-order valence-electron chi connectivity index (χ3n) is 6.91. The Morgan fingerprint density at radius 3 is 2.20 bits per heavy atom. The highest BCUT2D eigenvalue weighted by atomic mass is 32.2. The molecule has 0 bridgehead atoms. The van der Waals surface area contributed by atoms with Crippen LogP contribution >= 0.6 is 0 Å². The van der Waals surface area contributed by atoms with E-state index in [-0.39, 0.29) is 10.8 Å². The van der Waals surface area contributed by atoms with Gasteiger partial charge in [0.2, 0.25) is 5.95 Å². The quantitative estimate of drug-likeness (QED) is 0.323. The van der Waals surface area contributed by atoms with Gasteiger partial charge in [-0.2, -0.15) is 18.7 Å². The smallest absolute Gasteiger partial charge is 0.294 e. The highest BCUT2D eigenvalue weighted by molar-refractivity contribution is 7.85. The normalized spacial score (nSPS) is 13.5. The third kappa shape index (κ3) is 7.75. The van der Waals surface area contributed by atoms with E-state index in [0.717, 1.165) is 31.5 Å². The minimum absolute atomic E-state index is 0.0666. The van der Waals surface area contributed by atoms with Crippen molar-refractivity contribution < 1.29 is 17.8 Å². The number of nitrogens with zero attached hydrogens (tertiary/aromatic N) is 5. The Bertz CT molecular complexity index is 1610. The molecular formula is C31H31N5O4S. The molecule has 1 N–H and O–H groups in total. The fourth-order valence-electron chi connectivity index (χ4n) is 4.51. The van der Waals surface area contributed by atoms with Gasteiger partial charge >= 0.3 is 0 Å². The molecule has 1 saturated heterocycles. The van der Waals surface area contributed by atoms with E-state index in [1.54, 1.807) is 55.7 Å². The molecule has 10 heteroatoms. The van der Waals surface area contributed by atoms with E-state index < -0.39 is 10.1 Å². The molecule has 210 valence electrons. The summed E-state index contributed by atoms with van der Waals surface area (Å²) in [6.07, 6.45) is 3.80. The van der Waals surface area contributed by atoms with E-state index in [2.05, 4.69) is 45.2 Å². The summed E-state index contributed by atoms with van der Waals surface area (Å²) in [5, 5.41) is 8.92. The maximum absolute atomic E-state index is 12.8. The van der Waals surface area contributed by atoms with Crippen LogP contribution < -0.4 is 9.80 Å². The Kier molecular flexibility index (Phi) is 9.45. The zero-order valence-corrected chi connectivity index (χ0v) is 23.7. The van der Waals surface area contributed by atoms with Gasteiger partial charge in [-0.1, -0.05) is 48.0 Å². The molecule has 0 spiro atoms. The molecule has 5 rings (SSSR count). The molecule has 4 aromatic rings. The van der Waals surface area contributed by atoms with Crippen molar-refractivity contribution in [1.82, 2.24) is 9.97 Å². The summed E-state index contributed by atoms with van der Waals surface area (Å²) < 4.78 is 29.6. The first kappa shape index (κ1) is 29.4. The monoisotopic (exact) mass is 569 g/mol. The molecular weight excluding hydrogens is 538 g/mol. The molecule has 1 aliphatic rings. The van der Waals surface area contributed by atoms with Gasteiger partial charge in [0.05, 0.1) is 16.5 Å². The molecule has 3 aromatic carbocycles. The number of rotatable bonds is 5. The van der Waals surface area contributed by atoms with Crippen LogP contribution in [-0.2, 0) is 10.1 Å². The molecule has 1 aliphatic heterocycles. The second kappa shape index (κ2) is 13.2. The van der Waals surface area contributed by atoms with E-state index in [0.29, 0.717) is 28.8 Å². The minimum Gasteiger partial charge on any atom is -0.341 e. The SMILES string of the molecule is CN(C(=O)c1ccc(C#N)cc1)c1ccnc(N2CCC(c3ccccc3)CC2)n1.Cc1ccc(S(=O)(=O)O)cc1. The van der Waals surface area contributed by atoms with Crippen molar-refractivity contribution in [2.45, 2.75) is 30.6 Å². The Morgan fingerprint density at radius 1 is 0.976 bits per heavy atom. The molecule has 2 heterocycles. The summed E-state index contributed by atoms with van der Waals surface area (Å²) in [5.41, 5.74) is 3.38. The van der Waals surface area contributed by atoms with Gasteiger partial charge in [0.1, 0.15) is 5.82 Å². The van der Waals surface area contributed by atoms with Gasteiger partial charge in [-0.3, -0.25) is 14.2 Å². The molecule has 41 heavy (non-hydrogen) atoms. The summed E-state index contributed by atoms with van der Waals surface area (Å²) in [6, 6.07) is 27.0. The third-order valence-corrected chi connectivity index (χ3v) is 7.77. The minimum atomic E-state index is -4.02. The lowest BCUT2D eigenvalue weighted by Crippen LogP contribution is -2.35. The average Bonchev–Trinajstić information content (AvgIpc) is 3.01. The van der Waals surface area contributed by atoms with Gasteiger partial charge in [0.15, 0.2) is 0 Å². The molecule has 0 atom stereocenters. The predicted molar refractivity (Wildman–Crippen MR) is 158 cm³/mol. The highest BCUT2D eigenvalue weighted by Crippen LogP contribution is 2.29. The first-order valence-corrected chi connectivity index (χ1v) is 14.5. The number of hydrogen-bond donors (Lipinski definition) is 1. The van der Waals surface area contributed by atoms with Crippen LogP contribution in [0.3, 0.4) is 0 Å². The molecule has 1 aromatic heterocycles. The van der Waals surface area contributed by atoms with E-state index in [1.165, 1.54) is 22.6 Å². The van der Waals surface area contributed by atoms with Gasteiger partial charge in [0, 0.05) is 31.9 Å². The number of anilines is 2. The topological polar surface area (TPSA) is 127 Å². The van der Waals surface area contributed by atoms with Crippen molar-refractivity contribution >= 4 is 27.8 Å². The number of piperidine rings is 1. The molecule has 1 fully saturated rings. The first-order chi connectivity index (χ1) is 19.7. The van der Waals surface area contributed by atoms with Crippen molar-refractivity contribution in [3.8, 4) is 6.07 Å². The highest BCUT2D eigenvalue weighted by Gasteiger charge is 2.23. The molecule has 0 saturated carbocycles. The van der Waals surface area contributed by atoms with Crippen molar-refractivity contribution in [2.24, 2.45) is 0 Å². The summed E-state index contributed by atoms with van der Waals surface area (Å²) in [5.74, 6) is 1.59. The van der Waals surface area contributed by atoms with E-state index in [1.807, 2.05) is 13.0 Å². The number of nitriles is 1. The zero-order chi connectivity index (χ0) is 29.4. The Hall–Kier alpha value is -4.59. The number of hydrogen-bond acceptors (Lipinski definition) is 7. The van der Waals surface area contributed by atoms with Gasteiger partial charge in [-0.05, 0) is 73.7 Å². The molecule has 0 unspecified atom stereocenters. The number of aryl methyl sites for hydroxylation is 1. The maximum Gasteiger partial charge on any atom is 0.294 e. The Morgan fingerprint density at radius 2 is 1.61 bits per heavy atom. The standard InChI is InChI=1S/C24H23N5O.C7H8O3S/c1-28(23(30)21-9-7-18(17-25)8-10-21)22-11-14-26-24(27-22)29-15-12-20(13-16-29)19-5-3-2-4-6-19;1-6-2-4-7(5-3-6)11(8,9)10/h2-11,14,20H,12-13,15-16H2,1H3;2-5H,1H3,(H,8,9,10). The summed E-state index contributed by atoms with van der Waals surface area (Å²) in [6.45, 7) is 3.61. The number of carbonyl (C=O) groups is 1. The second-order valence-corrected chi connectivity index (χ2v) is 11.1. The van der Waals surface area contributed by atoms with Crippen LogP contribution in [0.1, 0.15) is 45.8 Å². The van der Waals surface area contributed by atoms with Crippen molar-refractivity contribution in [1.29, 1.82) is 5.26 Å².